The number of thiazole rings is 1. The standard InChI is InChI=1S/C9H14ClNS2/c1-2-12-7-9-11-8(6-13-9)4-3-5-10/h6H,2-5,7H2,1H3. The van der Waals surface area contributed by atoms with Crippen LogP contribution in [0, 0.1) is 0 Å². The number of hydrogen-bond acceptors (Lipinski definition) is 3. The molecule has 0 radical (unpaired) electrons. The van der Waals surface area contributed by atoms with Gasteiger partial charge in [-0.15, -0.1) is 22.9 Å². The first kappa shape index (κ1) is 11.3. The van der Waals surface area contributed by atoms with E-state index in [0.717, 1.165) is 30.2 Å². The third-order valence-corrected chi connectivity index (χ3v) is 3.83. The number of thioether (sulfide) groups is 1. The number of alkyl halides is 1. The monoisotopic (exact) mass is 235 g/mol. The summed E-state index contributed by atoms with van der Waals surface area (Å²) in [6.45, 7) is 2.17. The molecule has 0 saturated carbocycles. The van der Waals surface area contributed by atoms with Crippen LogP contribution in [0.15, 0.2) is 5.38 Å². The van der Waals surface area contributed by atoms with Crippen LogP contribution in [-0.4, -0.2) is 16.6 Å². The molecule has 0 unspecified atom stereocenters. The molecule has 0 spiro atoms. The Balaban J connectivity index is 2.34. The van der Waals surface area contributed by atoms with Crippen LogP contribution in [0.5, 0.6) is 0 Å². The summed E-state index contributed by atoms with van der Waals surface area (Å²) in [4.78, 5) is 4.52. The van der Waals surface area contributed by atoms with Crippen LogP contribution >= 0.6 is 34.7 Å². The molecule has 0 aliphatic carbocycles. The number of aryl methyl sites for hydroxylation is 1. The lowest BCUT2D eigenvalue weighted by molar-refractivity contribution is 0.893. The van der Waals surface area contributed by atoms with E-state index in [2.05, 4.69) is 17.3 Å². The number of halogens is 1. The molecule has 0 bridgehead atoms. The van der Waals surface area contributed by atoms with E-state index in [1.807, 2.05) is 11.8 Å². The first-order valence-corrected chi connectivity index (χ1v) is 7.00. The lowest BCUT2D eigenvalue weighted by atomic mass is 10.3. The van der Waals surface area contributed by atoms with Gasteiger partial charge in [0.15, 0.2) is 0 Å². The van der Waals surface area contributed by atoms with Gasteiger partial charge in [0.25, 0.3) is 0 Å². The normalized spacial score (nSPS) is 10.6. The Morgan fingerprint density at radius 3 is 3.15 bits per heavy atom. The molecule has 0 aromatic carbocycles. The van der Waals surface area contributed by atoms with Crippen LogP contribution in [0.1, 0.15) is 24.0 Å². The van der Waals surface area contributed by atoms with Gasteiger partial charge in [-0.3, -0.25) is 0 Å². The lowest BCUT2D eigenvalue weighted by Gasteiger charge is -1.92. The minimum Gasteiger partial charge on any atom is -0.245 e. The van der Waals surface area contributed by atoms with Crippen molar-refractivity contribution in [1.82, 2.24) is 4.98 Å². The molecule has 13 heavy (non-hydrogen) atoms. The van der Waals surface area contributed by atoms with Crippen LogP contribution in [0.4, 0.5) is 0 Å². The quantitative estimate of drug-likeness (QED) is 0.700. The highest BCUT2D eigenvalue weighted by Crippen LogP contribution is 2.17. The predicted octanol–water partition coefficient (Wildman–Crippen LogP) is 3.57. The fourth-order valence-electron chi connectivity index (χ4n) is 0.967. The van der Waals surface area contributed by atoms with Crippen LogP contribution < -0.4 is 0 Å². The summed E-state index contributed by atoms with van der Waals surface area (Å²) in [6, 6.07) is 0. The molecule has 4 heteroatoms. The Hall–Kier alpha value is 0.270. The number of rotatable bonds is 6. The molecular weight excluding hydrogens is 222 g/mol. The molecule has 0 atom stereocenters. The van der Waals surface area contributed by atoms with E-state index in [4.69, 9.17) is 11.6 Å². The van der Waals surface area contributed by atoms with Crippen LogP contribution in [-0.2, 0) is 12.2 Å². The smallest absolute Gasteiger partial charge is 0.103 e. The SMILES string of the molecule is CCSCc1nc(CCCCl)cs1. The molecule has 0 amide bonds. The van der Waals surface area contributed by atoms with Crippen molar-refractivity contribution in [3.8, 4) is 0 Å². The average Bonchev–Trinajstić information content (AvgIpc) is 2.59. The van der Waals surface area contributed by atoms with Gasteiger partial charge in [-0.05, 0) is 18.6 Å². The Labute approximate surface area is 92.9 Å². The van der Waals surface area contributed by atoms with Gasteiger partial charge in [-0.2, -0.15) is 11.8 Å². The fourth-order valence-corrected chi connectivity index (χ4v) is 2.68. The highest BCUT2D eigenvalue weighted by molar-refractivity contribution is 7.98. The van der Waals surface area contributed by atoms with Gasteiger partial charge in [-0.25, -0.2) is 4.98 Å². The zero-order valence-corrected chi connectivity index (χ0v) is 10.1. The van der Waals surface area contributed by atoms with Gasteiger partial charge < -0.3 is 0 Å². The molecule has 1 rings (SSSR count). The van der Waals surface area contributed by atoms with E-state index in [-0.39, 0.29) is 0 Å². The van der Waals surface area contributed by atoms with Crippen molar-refractivity contribution in [2.45, 2.75) is 25.5 Å². The minimum absolute atomic E-state index is 0.733. The average molecular weight is 236 g/mol. The third kappa shape index (κ3) is 4.34. The number of aromatic nitrogens is 1. The van der Waals surface area contributed by atoms with Crippen LogP contribution in [0.2, 0.25) is 0 Å². The summed E-state index contributed by atoms with van der Waals surface area (Å²) in [5, 5.41) is 3.40. The summed E-state index contributed by atoms with van der Waals surface area (Å²) >= 11 is 9.30. The van der Waals surface area contributed by atoms with Crippen LogP contribution in [0.3, 0.4) is 0 Å². The van der Waals surface area contributed by atoms with Gasteiger partial charge in [0.1, 0.15) is 5.01 Å². The first-order valence-electron chi connectivity index (χ1n) is 4.43. The minimum atomic E-state index is 0.733. The summed E-state index contributed by atoms with van der Waals surface area (Å²) in [6.07, 6.45) is 2.06. The van der Waals surface area contributed by atoms with E-state index < -0.39 is 0 Å². The fraction of sp³-hybridized carbons (Fsp3) is 0.667. The highest BCUT2D eigenvalue weighted by atomic mass is 35.5. The topological polar surface area (TPSA) is 12.9 Å². The van der Waals surface area contributed by atoms with Gasteiger partial charge in [-0.1, -0.05) is 6.92 Å². The molecule has 0 aliphatic rings. The van der Waals surface area contributed by atoms with Gasteiger partial charge in [0.2, 0.25) is 0 Å². The van der Waals surface area contributed by atoms with E-state index in [9.17, 15) is 0 Å². The molecular formula is C9H14ClNS2. The molecule has 1 aromatic rings. The highest BCUT2D eigenvalue weighted by Gasteiger charge is 2.00. The summed E-state index contributed by atoms with van der Waals surface area (Å²) in [5.41, 5.74) is 1.21. The Morgan fingerprint density at radius 1 is 1.62 bits per heavy atom. The van der Waals surface area contributed by atoms with E-state index in [0.29, 0.717) is 0 Å². The maximum absolute atomic E-state index is 5.61. The predicted molar refractivity (Wildman–Crippen MR) is 63.0 cm³/mol. The zero-order chi connectivity index (χ0) is 9.52. The summed E-state index contributed by atoms with van der Waals surface area (Å²) in [7, 11) is 0. The van der Waals surface area contributed by atoms with Gasteiger partial charge >= 0.3 is 0 Å². The van der Waals surface area contributed by atoms with Crippen molar-refractivity contribution >= 4 is 34.7 Å². The van der Waals surface area contributed by atoms with Crippen molar-refractivity contribution in [2.24, 2.45) is 0 Å². The maximum atomic E-state index is 5.61. The molecule has 0 fully saturated rings. The van der Waals surface area contributed by atoms with Gasteiger partial charge in [0, 0.05) is 17.0 Å². The molecule has 1 nitrogen and oxygen atoms in total. The lowest BCUT2D eigenvalue weighted by Crippen LogP contribution is -1.87. The van der Waals surface area contributed by atoms with Crippen molar-refractivity contribution in [2.75, 3.05) is 11.6 Å². The molecule has 0 saturated heterocycles. The van der Waals surface area contributed by atoms with E-state index in [1.165, 1.54) is 10.7 Å². The first-order chi connectivity index (χ1) is 6.36. The summed E-state index contributed by atoms with van der Waals surface area (Å²) in [5.74, 6) is 2.95. The third-order valence-electron chi connectivity index (χ3n) is 1.60. The number of nitrogens with zero attached hydrogens (tertiary/aromatic N) is 1. The molecule has 0 aliphatic heterocycles. The largest absolute Gasteiger partial charge is 0.245 e. The zero-order valence-electron chi connectivity index (χ0n) is 7.75. The second kappa shape index (κ2) is 6.68. The molecule has 1 heterocycles. The Kier molecular flexibility index (Phi) is 5.83. The number of hydrogen-bond donors (Lipinski definition) is 0. The molecule has 1 aromatic heterocycles. The second-order valence-corrected chi connectivity index (χ2v) is 5.26. The van der Waals surface area contributed by atoms with E-state index >= 15 is 0 Å². The Morgan fingerprint density at radius 2 is 2.46 bits per heavy atom. The van der Waals surface area contributed by atoms with Crippen molar-refractivity contribution in [1.29, 1.82) is 0 Å². The Bertz CT molecular complexity index is 215. The van der Waals surface area contributed by atoms with Crippen molar-refractivity contribution in [3.63, 3.8) is 0 Å². The van der Waals surface area contributed by atoms with Crippen LogP contribution in [0.25, 0.3) is 0 Å². The van der Waals surface area contributed by atoms with Gasteiger partial charge in [0.05, 0.1) is 5.69 Å². The van der Waals surface area contributed by atoms with E-state index in [1.54, 1.807) is 11.3 Å². The van der Waals surface area contributed by atoms with Crippen molar-refractivity contribution < 1.29 is 0 Å². The summed E-state index contributed by atoms with van der Waals surface area (Å²) < 4.78 is 0. The molecule has 74 valence electrons. The maximum Gasteiger partial charge on any atom is 0.103 e. The molecule has 0 N–H and O–H groups in total. The van der Waals surface area contributed by atoms with Crippen molar-refractivity contribution in [3.05, 3.63) is 16.1 Å². The second-order valence-electron chi connectivity index (χ2n) is 2.66.